The highest BCUT2D eigenvalue weighted by Gasteiger charge is 2.36. The molecule has 0 unspecified atom stereocenters. The molecule has 1 aliphatic rings. The molecule has 8 heteroatoms. The fourth-order valence-corrected chi connectivity index (χ4v) is 2.47. The van der Waals surface area contributed by atoms with E-state index in [9.17, 15) is 18.0 Å². The fraction of sp³-hybridized carbons (Fsp3) is 0.214. The lowest BCUT2D eigenvalue weighted by Gasteiger charge is -2.14. The van der Waals surface area contributed by atoms with Gasteiger partial charge < -0.3 is 4.57 Å². The number of carbonyl (C=O) groups excluding carboxylic acids is 1. The molecule has 0 radical (unpaired) electrons. The molecule has 3 rings (SSSR count). The van der Waals surface area contributed by atoms with E-state index in [1.807, 2.05) is 0 Å². The van der Waals surface area contributed by atoms with Crippen molar-refractivity contribution in [3.05, 3.63) is 52.1 Å². The first kappa shape index (κ1) is 14.8. The first-order valence-electron chi connectivity index (χ1n) is 6.35. The van der Waals surface area contributed by atoms with Crippen LogP contribution < -0.4 is 0 Å². The highest BCUT2D eigenvalue weighted by molar-refractivity contribution is 6.30. The maximum absolute atomic E-state index is 13.1. The third kappa shape index (κ3) is 2.52. The molecule has 2 aromatic rings. The monoisotopic (exact) mass is 327 g/mol. The van der Waals surface area contributed by atoms with E-state index in [-0.39, 0.29) is 10.7 Å². The number of aromatic nitrogens is 2. The molecule has 1 aliphatic heterocycles. The van der Waals surface area contributed by atoms with Gasteiger partial charge in [0.1, 0.15) is 5.69 Å². The van der Waals surface area contributed by atoms with Gasteiger partial charge in [-0.25, -0.2) is 4.98 Å². The maximum atomic E-state index is 13.1. The first-order chi connectivity index (χ1) is 10.4. The fourth-order valence-electron chi connectivity index (χ4n) is 2.30. The van der Waals surface area contributed by atoms with E-state index in [0.29, 0.717) is 18.9 Å². The molecular formula is C14H9ClF3N3O. The van der Waals surface area contributed by atoms with Gasteiger partial charge in [0.2, 0.25) is 5.78 Å². The van der Waals surface area contributed by atoms with Crippen molar-refractivity contribution >= 4 is 23.6 Å². The molecule has 0 aliphatic carbocycles. The molecule has 0 N–H and O–H groups in total. The molecular weight excluding hydrogens is 319 g/mol. The Balaban J connectivity index is 2.10. The predicted molar refractivity (Wildman–Crippen MR) is 74.6 cm³/mol. The van der Waals surface area contributed by atoms with Gasteiger partial charge in [-0.1, -0.05) is 11.6 Å². The van der Waals surface area contributed by atoms with Crippen molar-refractivity contribution < 1.29 is 18.0 Å². The van der Waals surface area contributed by atoms with Crippen LogP contribution in [0.2, 0.25) is 5.02 Å². The van der Waals surface area contributed by atoms with Crippen LogP contribution in [0.3, 0.4) is 0 Å². The Hall–Kier alpha value is -2.15. The zero-order chi connectivity index (χ0) is 15.9. The Morgan fingerprint density at radius 2 is 2.09 bits per heavy atom. The third-order valence-electron chi connectivity index (χ3n) is 3.31. The van der Waals surface area contributed by atoms with Gasteiger partial charge in [0.15, 0.2) is 5.82 Å². The highest BCUT2D eigenvalue weighted by Crippen LogP contribution is 2.34. The number of aliphatic imine (C=N–C) groups is 1. The third-order valence-corrected chi connectivity index (χ3v) is 3.55. The summed E-state index contributed by atoms with van der Waals surface area (Å²) >= 11 is 5.62. The smallest absolute Gasteiger partial charge is 0.319 e. The van der Waals surface area contributed by atoms with Crippen LogP contribution in [0.15, 0.2) is 29.4 Å². The number of fused-ring (bicyclic) bond motifs is 1. The van der Waals surface area contributed by atoms with Crippen LogP contribution in [0.25, 0.3) is 0 Å². The second-order valence-corrected chi connectivity index (χ2v) is 5.14. The molecule has 0 spiro atoms. The molecule has 0 saturated carbocycles. The van der Waals surface area contributed by atoms with E-state index in [1.165, 1.54) is 18.5 Å². The van der Waals surface area contributed by atoms with Crippen LogP contribution in [0.4, 0.5) is 13.2 Å². The van der Waals surface area contributed by atoms with Gasteiger partial charge >= 0.3 is 6.18 Å². The van der Waals surface area contributed by atoms with Crippen molar-refractivity contribution in [3.8, 4) is 0 Å². The minimum atomic E-state index is -4.66. The molecule has 22 heavy (non-hydrogen) atoms. The lowest BCUT2D eigenvalue weighted by Crippen LogP contribution is -2.19. The van der Waals surface area contributed by atoms with Crippen molar-refractivity contribution in [2.24, 2.45) is 4.99 Å². The molecule has 1 aromatic heterocycles. The summed E-state index contributed by atoms with van der Waals surface area (Å²) in [5.74, 6) is -0.282. The van der Waals surface area contributed by atoms with Gasteiger partial charge in [0, 0.05) is 17.1 Å². The summed E-state index contributed by atoms with van der Waals surface area (Å²) in [4.78, 5) is 20.5. The van der Waals surface area contributed by atoms with Gasteiger partial charge in [-0.3, -0.25) is 9.79 Å². The molecule has 0 saturated heterocycles. The number of nitrogens with zero attached hydrogens (tertiary/aromatic N) is 3. The summed E-state index contributed by atoms with van der Waals surface area (Å²) in [7, 11) is 0. The van der Waals surface area contributed by atoms with Crippen LogP contribution in [-0.2, 0) is 12.7 Å². The van der Waals surface area contributed by atoms with Crippen LogP contribution in [-0.4, -0.2) is 28.1 Å². The van der Waals surface area contributed by atoms with Crippen molar-refractivity contribution in [1.29, 1.82) is 0 Å². The molecule has 114 valence electrons. The lowest BCUT2D eigenvalue weighted by atomic mass is 10.0. The van der Waals surface area contributed by atoms with E-state index in [0.717, 1.165) is 12.1 Å². The average molecular weight is 328 g/mol. The SMILES string of the molecule is O=C(c1ccc(Cl)cc1C(F)(F)F)c1cnc2n1CCN=C2. The van der Waals surface area contributed by atoms with Crippen LogP contribution in [0, 0.1) is 0 Å². The normalized spacial score (nSPS) is 14.0. The molecule has 1 aromatic carbocycles. The summed E-state index contributed by atoms with van der Waals surface area (Å²) in [6.07, 6.45) is -1.90. The van der Waals surface area contributed by atoms with Crippen LogP contribution >= 0.6 is 11.6 Å². The number of benzene rings is 1. The Labute approximate surface area is 128 Å². The zero-order valence-corrected chi connectivity index (χ0v) is 11.8. The first-order valence-corrected chi connectivity index (χ1v) is 6.72. The maximum Gasteiger partial charge on any atom is 0.417 e. The largest absolute Gasteiger partial charge is 0.417 e. The van der Waals surface area contributed by atoms with Gasteiger partial charge in [0.05, 0.1) is 24.5 Å². The average Bonchev–Trinajstić information content (AvgIpc) is 2.89. The summed E-state index contributed by atoms with van der Waals surface area (Å²) < 4.78 is 40.9. The number of ketones is 1. The second kappa shape index (κ2) is 5.24. The van der Waals surface area contributed by atoms with E-state index in [4.69, 9.17) is 11.6 Å². The van der Waals surface area contributed by atoms with Gasteiger partial charge in [-0.05, 0) is 18.2 Å². The topological polar surface area (TPSA) is 47.2 Å². The Morgan fingerprint density at radius 3 is 2.82 bits per heavy atom. The lowest BCUT2D eigenvalue weighted by molar-refractivity contribution is -0.137. The van der Waals surface area contributed by atoms with Crippen LogP contribution in [0.1, 0.15) is 27.4 Å². The number of rotatable bonds is 2. The van der Waals surface area contributed by atoms with E-state index in [1.54, 1.807) is 4.57 Å². The summed E-state index contributed by atoms with van der Waals surface area (Å²) in [6, 6.07) is 3.10. The molecule has 0 bridgehead atoms. The highest BCUT2D eigenvalue weighted by atomic mass is 35.5. The minimum absolute atomic E-state index is 0.0775. The number of alkyl halides is 3. The van der Waals surface area contributed by atoms with Crippen molar-refractivity contribution in [2.45, 2.75) is 12.7 Å². The number of hydrogen-bond acceptors (Lipinski definition) is 3. The van der Waals surface area contributed by atoms with E-state index >= 15 is 0 Å². The number of hydrogen-bond donors (Lipinski definition) is 0. The Morgan fingerprint density at radius 1 is 1.32 bits per heavy atom. The molecule has 4 nitrogen and oxygen atoms in total. The minimum Gasteiger partial charge on any atom is -0.319 e. The molecule has 0 fully saturated rings. The summed E-state index contributed by atoms with van der Waals surface area (Å²) in [5, 5.41) is -0.0775. The predicted octanol–water partition coefficient (Wildman–Crippen LogP) is 3.22. The summed E-state index contributed by atoms with van der Waals surface area (Å²) in [5.41, 5.74) is -1.39. The van der Waals surface area contributed by atoms with Crippen molar-refractivity contribution in [2.75, 3.05) is 6.54 Å². The van der Waals surface area contributed by atoms with Gasteiger partial charge in [-0.2, -0.15) is 13.2 Å². The standard InChI is InChI=1S/C14H9ClF3N3O/c15-8-1-2-9(10(5-8)14(16,17)18)13(22)11-6-20-12-7-19-3-4-21(11)12/h1-2,5-7H,3-4H2. The van der Waals surface area contributed by atoms with Crippen molar-refractivity contribution in [3.63, 3.8) is 0 Å². The summed E-state index contributed by atoms with van der Waals surface area (Å²) in [6.45, 7) is 0.859. The number of carbonyl (C=O) groups is 1. The molecule has 0 atom stereocenters. The second-order valence-electron chi connectivity index (χ2n) is 4.71. The van der Waals surface area contributed by atoms with E-state index in [2.05, 4.69) is 9.98 Å². The van der Waals surface area contributed by atoms with Crippen LogP contribution in [0.5, 0.6) is 0 Å². The number of halogens is 4. The number of imidazole rings is 1. The van der Waals surface area contributed by atoms with Gasteiger partial charge in [-0.15, -0.1) is 0 Å². The Bertz CT molecular complexity index is 780. The van der Waals surface area contributed by atoms with Crippen molar-refractivity contribution in [1.82, 2.24) is 9.55 Å². The quantitative estimate of drug-likeness (QED) is 0.795. The Kier molecular flexibility index (Phi) is 3.52. The van der Waals surface area contributed by atoms with E-state index < -0.39 is 23.1 Å². The zero-order valence-electron chi connectivity index (χ0n) is 11.1. The van der Waals surface area contributed by atoms with Gasteiger partial charge in [0.25, 0.3) is 0 Å². The molecule has 2 heterocycles. The molecule has 0 amide bonds.